The summed E-state index contributed by atoms with van der Waals surface area (Å²) < 4.78 is 10.6. The van der Waals surface area contributed by atoms with E-state index in [9.17, 15) is 9.59 Å². The molecule has 1 fully saturated rings. The lowest BCUT2D eigenvalue weighted by Gasteiger charge is -2.33. The Morgan fingerprint density at radius 3 is 2.16 bits per heavy atom. The lowest BCUT2D eigenvalue weighted by molar-refractivity contribution is -0.146. The molecule has 1 aliphatic rings. The first-order valence-electron chi connectivity index (χ1n) is 6.53. The number of piperidine rings is 1. The molecule has 0 unspecified atom stereocenters. The maximum absolute atomic E-state index is 11.8. The molecule has 0 aromatic heterocycles. The molecule has 0 aromatic carbocycles. The summed E-state index contributed by atoms with van der Waals surface area (Å²) in [5.41, 5.74) is -0.0880. The normalized spacial score (nSPS) is 16.9. The highest BCUT2D eigenvalue weighted by Gasteiger charge is 2.28. The Hall–Kier alpha value is -1.52. The van der Waals surface area contributed by atoms with Crippen LogP contribution < -0.4 is 0 Å². The van der Waals surface area contributed by atoms with Crippen molar-refractivity contribution >= 4 is 12.1 Å². The van der Waals surface area contributed by atoms with Crippen LogP contribution in [0.15, 0.2) is 12.2 Å². The minimum Gasteiger partial charge on any atom is -0.459 e. The maximum atomic E-state index is 11.8. The summed E-state index contributed by atoms with van der Waals surface area (Å²) >= 11 is 0. The van der Waals surface area contributed by atoms with Gasteiger partial charge in [-0.05, 0) is 27.7 Å². The Labute approximate surface area is 114 Å². The van der Waals surface area contributed by atoms with Crippen LogP contribution in [-0.2, 0) is 14.3 Å². The van der Waals surface area contributed by atoms with E-state index in [4.69, 9.17) is 9.47 Å². The summed E-state index contributed by atoms with van der Waals surface area (Å²) in [6.07, 6.45) is 0.830. The van der Waals surface area contributed by atoms with Crippen LogP contribution in [0.1, 0.15) is 40.5 Å². The third kappa shape index (κ3) is 5.32. The van der Waals surface area contributed by atoms with Gasteiger partial charge in [-0.3, -0.25) is 0 Å². The average Bonchev–Trinajstić information content (AvgIpc) is 2.27. The molecule has 1 rings (SSSR count). The van der Waals surface area contributed by atoms with Crippen LogP contribution in [0, 0.1) is 0 Å². The minimum atomic E-state index is -0.486. The molecule has 0 atom stereocenters. The predicted octanol–water partition coefficient (Wildman–Crippen LogP) is 2.51. The first-order chi connectivity index (χ1) is 8.69. The largest absolute Gasteiger partial charge is 0.459 e. The van der Waals surface area contributed by atoms with Crippen molar-refractivity contribution in [2.24, 2.45) is 0 Å². The summed E-state index contributed by atoms with van der Waals surface area (Å²) in [5, 5.41) is 0. The maximum Gasteiger partial charge on any atom is 0.410 e. The van der Waals surface area contributed by atoms with Gasteiger partial charge in [0.1, 0.15) is 11.7 Å². The Kier molecular flexibility index (Phi) is 4.97. The van der Waals surface area contributed by atoms with Crippen molar-refractivity contribution in [3.63, 3.8) is 0 Å². The number of ether oxygens (including phenoxy) is 2. The zero-order valence-corrected chi connectivity index (χ0v) is 12.2. The zero-order valence-electron chi connectivity index (χ0n) is 12.2. The highest BCUT2D eigenvalue weighted by Crippen LogP contribution is 2.18. The van der Waals surface area contributed by atoms with E-state index in [2.05, 4.69) is 6.58 Å². The van der Waals surface area contributed by atoms with Crippen molar-refractivity contribution in [1.29, 1.82) is 0 Å². The fourth-order valence-corrected chi connectivity index (χ4v) is 1.73. The van der Waals surface area contributed by atoms with Gasteiger partial charge in [-0.15, -0.1) is 0 Å². The van der Waals surface area contributed by atoms with E-state index >= 15 is 0 Å². The van der Waals surface area contributed by atoms with Crippen LogP contribution in [0.25, 0.3) is 0 Å². The van der Waals surface area contributed by atoms with E-state index in [-0.39, 0.29) is 18.2 Å². The van der Waals surface area contributed by atoms with Crippen LogP contribution in [0.2, 0.25) is 0 Å². The molecule has 108 valence electrons. The number of carbonyl (C=O) groups excluding carboxylic acids is 2. The summed E-state index contributed by atoms with van der Waals surface area (Å²) in [6.45, 7) is 11.8. The van der Waals surface area contributed by atoms with Gasteiger partial charge in [-0.2, -0.15) is 0 Å². The van der Waals surface area contributed by atoms with Crippen LogP contribution >= 0.6 is 0 Å². The van der Waals surface area contributed by atoms with Gasteiger partial charge >= 0.3 is 12.1 Å². The van der Waals surface area contributed by atoms with Crippen molar-refractivity contribution in [3.05, 3.63) is 12.2 Å². The number of amides is 1. The highest BCUT2D eigenvalue weighted by atomic mass is 16.6. The molecule has 5 nitrogen and oxygen atoms in total. The number of likely N-dealkylation sites (tertiary alicyclic amines) is 1. The first kappa shape index (κ1) is 15.5. The first-order valence-corrected chi connectivity index (χ1v) is 6.53. The monoisotopic (exact) mass is 269 g/mol. The summed E-state index contributed by atoms with van der Waals surface area (Å²) in [4.78, 5) is 24.9. The van der Waals surface area contributed by atoms with Crippen LogP contribution in [-0.4, -0.2) is 41.8 Å². The van der Waals surface area contributed by atoms with Crippen molar-refractivity contribution < 1.29 is 19.1 Å². The van der Waals surface area contributed by atoms with E-state index in [1.165, 1.54) is 0 Å². The quantitative estimate of drug-likeness (QED) is 0.571. The van der Waals surface area contributed by atoms with Gasteiger partial charge in [-0.25, -0.2) is 9.59 Å². The molecule has 5 heteroatoms. The second-order valence-corrected chi connectivity index (χ2v) is 5.85. The summed E-state index contributed by atoms with van der Waals surface area (Å²) in [5.74, 6) is -0.365. The molecule has 0 saturated carbocycles. The molecule has 0 aromatic rings. The van der Waals surface area contributed by atoms with Gasteiger partial charge in [0, 0.05) is 31.5 Å². The third-order valence-corrected chi connectivity index (χ3v) is 2.72. The molecule has 1 amide bonds. The molecule has 0 aliphatic carbocycles. The molecule has 1 aliphatic heterocycles. The second-order valence-electron chi connectivity index (χ2n) is 5.85. The smallest absolute Gasteiger partial charge is 0.410 e. The third-order valence-electron chi connectivity index (χ3n) is 2.72. The molecule has 0 bridgehead atoms. The molecule has 1 saturated heterocycles. The molecule has 19 heavy (non-hydrogen) atoms. The van der Waals surface area contributed by atoms with Crippen LogP contribution in [0.4, 0.5) is 4.79 Å². The Morgan fingerprint density at radius 1 is 1.21 bits per heavy atom. The van der Waals surface area contributed by atoms with Gasteiger partial charge in [-0.1, -0.05) is 6.58 Å². The number of hydrogen-bond donors (Lipinski definition) is 0. The van der Waals surface area contributed by atoms with Crippen molar-refractivity contribution in [3.8, 4) is 0 Å². The van der Waals surface area contributed by atoms with Crippen LogP contribution in [0.5, 0.6) is 0 Å². The number of esters is 1. The average molecular weight is 269 g/mol. The molecular weight excluding hydrogens is 246 g/mol. The van der Waals surface area contributed by atoms with Gasteiger partial charge in [0.05, 0.1) is 0 Å². The predicted molar refractivity (Wildman–Crippen MR) is 71.7 cm³/mol. The second kappa shape index (κ2) is 6.08. The van der Waals surface area contributed by atoms with E-state index in [0.29, 0.717) is 31.5 Å². The van der Waals surface area contributed by atoms with Crippen molar-refractivity contribution in [2.45, 2.75) is 52.2 Å². The SMILES string of the molecule is C=C(C)C(=O)OC1CCN(C(=O)OC(C)(C)C)CC1. The lowest BCUT2D eigenvalue weighted by Crippen LogP contribution is -2.43. The standard InChI is InChI=1S/C14H23NO4/c1-10(2)12(16)18-11-6-8-15(9-7-11)13(17)19-14(3,4)5/h11H,1,6-9H2,2-5H3. The van der Waals surface area contributed by atoms with E-state index in [0.717, 1.165) is 0 Å². The highest BCUT2D eigenvalue weighted by molar-refractivity contribution is 5.87. The van der Waals surface area contributed by atoms with E-state index < -0.39 is 5.60 Å². The van der Waals surface area contributed by atoms with Crippen molar-refractivity contribution in [2.75, 3.05) is 13.1 Å². The molecular formula is C14H23NO4. The summed E-state index contributed by atoms with van der Waals surface area (Å²) in [7, 11) is 0. The van der Waals surface area contributed by atoms with Gasteiger partial charge < -0.3 is 14.4 Å². The zero-order chi connectivity index (χ0) is 14.6. The van der Waals surface area contributed by atoms with E-state index in [1.807, 2.05) is 20.8 Å². The van der Waals surface area contributed by atoms with Crippen LogP contribution in [0.3, 0.4) is 0 Å². The topological polar surface area (TPSA) is 55.8 Å². The van der Waals surface area contributed by atoms with Gasteiger partial charge in [0.2, 0.25) is 0 Å². The molecule has 1 heterocycles. The number of hydrogen-bond acceptors (Lipinski definition) is 4. The molecule has 0 radical (unpaired) electrons. The van der Waals surface area contributed by atoms with Crippen molar-refractivity contribution in [1.82, 2.24) is 4.90 Å². The fourth-order valence-electron chi connectivity index (χ4n) is 1.73. The number of carbonyl (C=O) groups is 2. The Morgan fingerprint density at radius 2 is 1.74 bits per heavy atom. The number of nitrogens with zero attached hydrogens (tertiary/aromatic N) is 1. The van der Waals surface area contributed by atoms with Gasteiger partial charge in [0.25, 0.3) is 0 Å². The minimum absolute atomic E-state index is 0.136. The fraction of sp³-hybridized carbons (Fsp3) is 0.714. The van der Waals surface area contributed by atoms with Gasteiger partial charge in [0.15, 0.2) is 0 Å². The lowest BCUT2D eigenvalue weighted by atomic mass is 10.1. The summed E-state index contributed by atoms with van der Waals surface area (Å²) in [6, 6.07) is 0. The Bertz CT molecular complexity index is 362. The number of rotatable bonds is 2. The Balaban J connectivity index is 2.39. The van der Waals surface area contributed by atoms with E-state index in [1.54, 1.807) is 11.8 Å². The molecule has 0 spiro atoms. The molecule has 0 N–H and O–H groups in total.